The van der Waals surface area contributed by atoms with E-state index in [1.54, 1.807) is 23.1 Å². The number of nitrogens with zero attached hydrogens (tertiary/aromatic N) is 3. The van der Waals surface area contributed by atoms with Crippen LogP contribution in [-0.4, -0.2) is 45.3 Å². The number of H-pyrrole nitrogens is 1. The van der Waals surface area contributed by atoms with Gasteiger partial charge in [0.25, 0.3) is 5.91 Å². The second kappa shape index (κ2) is 4.79. The Hall–Kier alpha value is -2.65. The second-order valence-electron chi connectivity index (χ2n) is 4.72. The monoisotopic (exact) mass is 268 g/mol. The first-order valence-electron chi connectivity index (χ1n) is 6.20. The quantitative estimate of drug-likeness (QED) is 0.841. The average Bonchev–Trinajstić information content (AvgIpc) is 2.92. The molecule has 0 radical (unpaired) electrons. The number of aromatic nitrogens is 2. The number of hydrogen-bond donors (Lipinski definition) is 2. The molecule has 3 rings (SSSR count). The van der Waals surface area contributed by atoms with E-state index in [-0.39, 0.29) is 5.91 Å². The SMILES string of the molecule is N#Cc1cccc(-c2[nH]ncc2C(=O)N2CC(O)C2)c1. The van der Waals surface area contributed by atoms with Crippen LogP contribution in [0.3, 0.4) is 0 Å². The van der Waals surface area contributed by atoms with E-state index in [0.29, 0.717) is 29.9 Å². The summed E-state index contributed by atoms with van der Waals surface area (Å²) in [4.78, 5) is 13.8. The van der Waals surface area contributed by atoms with Crippen LogP contribution in [0.25, 0.3) is 11.3 Å². The molecule has 0 spiro atoms. The maximum absolute atomic E-state index is 12.3. The first kappa shape index (κ1) is 12.4. The summed E-state index contributed by atoms with van der Waals surface area (Å²) in [5.41, 5.74) is 2.31. The third kappa shape index (κ3) is 2.04. The van der Waals surface area contributed by atoms with Crippen LogP contribution in [0.15, 0.2) is 30.5 Å². The number of likely N-dealkylation sites (tertiary alicyclic amines) is 1. The second-order valence-corrected chi connectivity index (χ2v) is 4.72. The number of amides is 1. The molecule has 20 heavy (non-hydrogen) atoms. The molecule has 2 aromatic rings. The van der Waals surface area contributed by atoms with Gasteiger partial charge in [-0.25, -0.2) is 0 Å². The maximum Gasteiger partial charge on any atom is 0.257 e. The number of aliphatic hydroxyl groups excluding tert-OH is 1. The first-order valence-corrected chi connectivity index (χ1v) is 6.20. The molecule has 0 aliphatic carbocycles. The van der Waals surface area contributed by atoms with Gasteiger partial charge in [-0.3, -0.25) is 9.89 Å². The minimum atomic E-state index is -0.434. The van der Waals surface area contributed by atoms with E-state index in [4.69, 9.17) is 5.26 Å². The highest BCUT2D eigenvalue weighted by Crippen LogP contribution is 2.24. The molecule has 1 saturated heterocycles. The van der Waals surface area contributed by atoms with Crippen LogP contribution in [-0.2, 0) is 0 Å². The van der Waals surface area contributed by atoms with Gasteiger partial charge in [0.2, 0.25) is 0 Å². The van der Waals surface area contributed by atoms with Crippen LogP contribution in [0.5, 0.6) is 0 Å². The predicted octanol–water partition coefficient (Wildman–Crippen LogP) is 0.765. The average molecular weight is 268 g/mol. The van der Waals surface area contributed by atoms with E-state index in [0.717, 1.165) is 5.56 Å². The highest BCUT2D eigenvalue weighted by molar-refractivity contribution is 6.00. The van der Waals surface area contributed by atoms with E-state index >= 15 is 0 Å². The first-order chi connectivity index (χ1) is 9.69. The molecule has 6 heteroatoms. The van der Waals surface area contributed by atoms with Gasteiger partial charge in [0.15, 0.2) is 0 Å². The Morgan fingerprint density at radius 2 is 2.30 bits per heavy atom. The molecule has 2 heterocycles. The van der Waals surface area contributed by atoms with Crippen molar-refractivity contribution in [2.45, 2.75) is 6.10 Å². The van der Waals surface area contributed by atoms with Crippen molar-refractivity contribution in [2.75, 3.05) is 13.1 Å². The van der Waals surface area contributed by atoms with Crippen molar-refractivity contribution >= 4 is 5.91 Å². The molecule has 1 aromatic carbocycles. The Morgan fingerprint density at radius 1 is 1.50 bits per heavy atom. The van der Waals surface area contributed by atoms with Crippen molar-refractivity contribution < 1.29 is 9.90 Å². The minimum Gasteiger partial charge on any atom is -0.389 e. The fourth-order valence-electron chi connectivity index (χ4n) is 2.20. The minimum absolute atomic E-state index is 0.165. The lowest BCUT2D eigenvalue weighted by Crippen LogP contribution is -2.53. The van der Waals surface area contributed by atoms with E-state index in [2.05, 4.69) is 16.3 Å². The van der Waals surface area contributed by atoms with Gasteiger partial charge in [-0.05, 0) is 12.1 Å². The Morgan fingerprint density at radius 3 is 3.00 bits per heavy atom. The van der Waals surface area contributed by atoms with Crippen molar-refractivity contribution in [2.24, 2.45) is 0 Å². The largest absolute Gasteiger partial charge is 0.389 e. The Bertz CT molecular complexity index is 695. The smallest absolute Gasteiger partial charge is 0.257 e. The number of hydrogen-bond acceptors (Lipinski definition) is 4. The summed E-state index contributed by atoms with van der Waals surface area (Å²) in [5.74, 6) is -0.165. The fourth-order valence-corrected chi connectivity index (χ4v) is 2.20. The molecule has 6 nitrogen and oxygen atoms in total. The zero-order valence-corrected chi connectivity index (χ0v) is 10.6. The van der Waals surface area contributed by atoms with Gasteiger partial charge in [0.05, 0.1) is 35.2 Å². The lowest BCUT2D eigenvalue weighted by atomic mass is 10.0. The lowest BCUT2D eigenvalue weighted by Gasteiger charge is -2.35. The predicted molar refractivity (Wildman–Crippen MR) is 70.6 cm³/mol. The Labute approximate surface area is 115 Å². The van der Waals surface area contributed by atoms with Crippen LogP contribution >= 0.6 is 0 Å². The number of carbonyl (C=O) groups excluding carboxylic acids is 1. The van der Waals surface area contributed by atoms with Crippen molar-refractivity contribution in [1.29, 1.82) is 5.26 Å². The standard InChI is InChI=1S/C14H12N4O2/c15-5-9-2-1-3-10(4-9)13-12(6-16-17-13)14(20)18-7-11(19)8-18/h1-4,6,11,19H,7-8H2,(H,16,17). The summed E-state index contributed by atoms with van der Waals surface area (Å²) >= 11 is 0. The van der Waals surface area contributed by atoms with Crippen LogP contribution in [0, 0.1) is 11.3 Å². The maximum atomic E-state index is 12.3. The van der Waals surface area contributed by atoms with E-state index < -0.39 is 6.10 Å². The molecular weight excluding hydrogens is 256 g/mol. The lowest BCUT2D eigenvalue weighted by molar-refractivity contribution is 0.00595. The summed E-state index contributed by atoms with van der Waals surface area (Å²) in [6.07, 6.45) is 1.04. The van der Waals surface area contributed by atoms with Crippen molar-refractivity contribution in [3.63, 3.8) is 0 Å². The number of rotatable bonds is 2. The van der Waals surface area contributed by atoms with Gasteiger partial charge >= 0.3 is 0 Å². The molecule has 0 atom stereocenters. The van der Waals surface area contributed by atoms with Gasteiger partial charge < -0.3 is 10.0 Å². The highest BCUT2D eigenvalue weighted by atomic mass is 16.3. The summed E-state index contributed by atoms with van der Waals surface area (Å²) < 4.78 is 0. The zero-order chi connectivity index (χ0) is 14.1. The molecule has 0 saturated carbocycles. The van der Waals surface area contributed by atoms with E-state index in [1.165, 1.54) is 6.20 Å². The summed E-state index contributed by atoms with van der Waals surface area (Å²) in [6.45, 7) is 0.698. The van der Waals surface area contributed by atoms with Crippen LogP contribution < -0.4 is 0 Å². The van der Waals surface area contributed by atoms with Crippen LogP contribution in [0.2, 0.25) is 0 Å². The molecule has 1 fully saturated rings. The van der Waals surface area contributed by atoms with Crippen LogP contribution in [0.4, 0.5) is 0 Å². The topological polar surface area (TPSA) is 93.0 Å². The molecular formula is C14H12N4O2. The van der Waals surface area contributed by atoms with Crippen molar-refractivity contribution in [3.05, 3.63) is 41.6 Å². The zero-order valence-electron chi connectivity index (χ0n) is 10.6. The normalized spacial score (nSPS) is 14.7. The van der Waals surface area contributed by atoms with Gasteiger partial charge in [-0.15, -0.1) is 0 Å². The van der Waals surface area contributed by atoms with Crippen molar-refractivity contribution in [1.82, 2.24) is 15.1 Å². The van der Waals surface area contributed by atoms with E-state index in [1.807, 2.05) is 6.07 Å². The molecule has 1 aliphatic rings. The fraction of sp³-hybridized carbons (Fsp3) is 0.214. The molecule has 100 valence electrons. The molecule has 0 bridgehead atoms. The summed E-state index contributed by atoms with van der Waals surface area (Å²) in [6, 6.07) is 9.05. The number of benzene rings is 1. The van der Waals surface area contributed by atoms with Gasteiger partial charge in [-0.1, -0.05) is 12.1 Å². The molecule has 1 aliphatic heterocycles. The summed E-state index contributed by atoms with van der Waals surface area (Å²) in [7, 11) is 0. The number of aromatic amines is 1. The van der Waals surface area contributed by atoms with Crippen LogP contribution in [0.1, 0.15) is 15.9 Å². The number of nitriles is 1. The van der Waals surface area contributed by atoms with Gasteiger partial charge in [-0.2, -0.15) is 10.4 Å². The third-order valence-electron chi connectivity index (χ3n) is 3.30. The number of β-amino-alcohol motifs (C(OH)–C–C–N with tert-alkyl or cyclic N) is 1. The van der Waals surface area contributed by atoms with Gasteiger partial charge in [0.1, 0.15) is 0 Å². The number of carbonyl (C=O) groups is 1. The number of aliphatic hydroxyl groups is 1. The Balaban J connectivity index is 1.94. The number of nitrogens with one attached hydrogen (secondary N) is 1. The van der Waals surface area contributed by atoms with Gasteiger partial charge in [0, 0.05) is 18.7 Å². The molecule has 0 unspecified atom stereocenters. The molecule has 2 N–H and O–H groups in total. The summed E-state index contributed by atoms with van der Waals surface area (Å²) in [5, 5.41) is 24.9. The van der Waals surface area contributed by atoms with Crippen molar-refractivity contribution in [3.8, 4) is 17.3 Å². The van der Waals surface area contributed by atoms with E-state index in [9.17, 15) is 9.90 Å². The highest BCUT2D eigenvalue weighted by Gasteiger charge is 2.31. The molecule has 1 amide bonds. The third-order valence-corrected chi connectivity index (χ3v) is 3.30. The molecule has 1 aromatic heterocycles. The Kier molecular flexibility index (Phi) is 2.97.